The van der Waals surface area contributed by atoms with Crippen molar-refractivity contribution in [3.63, 3.8) is 0 Å². The van der Waals surface area contributed by atoms with Crippen molar-refractivity contribution in [1.29, 1.82) is 0 Å². The van der Waals surface area contributed by atoms with Crippen molar-refractivity contribution in [1.82, 2.24) is 10.3 Å². The summed E-state index contributed by atoms with van der Waals surface area (Å²) in [4.78, 5) is 26.5. The third kappa shape index (κ3) is 4.87. The molecule has 0 radical (unpaired) electrons. The van der Waals surface area contributed by atoms with Crippen LogP contribution in [0.4, 0.5) is 0 Å². The zero-order chi connectivity index (χ0) is 15.1. The fraction of sp³-hybridized carbons (Fsp3) is 0.583. The molecule has 1 aromatic rings. The van der Waals surface area contributed by atoms with E-state index >= 15 is 0 Å². The number of thiazole rings is 1. The highest BCUT2D eigenvalue weighted by Crippen LogP contribution is 2.18. The molecule has 0 aliphatic heterocycles. The first-order valence-electron chi connectivity index (χ1n) is 6.19. The summed E-state index contributed by atoms with van der Waals surface area (Å²) in [5.41, 5.74) is 5.74. The Labute approximate surface area is 121 Å². The Morgan fingerprint density at radius 2 is 2.30 bits per heavy atom. The van der Waals surface area contributed by atoms with Crippen LogP contribution in [0.2, 0.25) is 0 Å². The molecule has 20 heavy (non-hydrogen) atoms. The molecule has 1 rings (SSSR count). The number of carbonyl (C=O) groups excluding carboxylic acids is 1. The molecule has 1 aromatic heterocycles. The molecule has 1 amide bonds. The second-order valence-corrected chi connectivity index (χ2v) is 5.24. The molecular formula is C12H19N3O4S. The first-order valence-corrected chi connectivity index (χ1v) is 7.07. The number of aromatic carboxylic acids is 1. The highest BCUT2D eigenvalue weighted by atomic mass is 32.1. The molecule has 0 spiro atoms. The molecule has 0 fully saturated rings. The lowest BCUT2D eigenvalue weighted by molar-refractivity contribution is -0.123. The van der Waals surface area contributed by atoms with Gasteiger partial charge in [0.1, 0.15) is 5.01 Å². The molecule has 0 aliphatic rings. The molecule has 0 bridgehead atoms. The van der Waals surface area contributed by atoms with Crippen LogP contribution < -0.4 is 11.1 Å². The van der Waals surface area contributed by atoms with E-state index in [0.717, 1.165) is 0 Å². The van der Waals surface area contributed by atoms with E-state index in [9.17, 15) is 9.59 Å². The third-order valence-corrected chi connectivity index (χ3v) is 3.70. The maximum Gasteiger partial charge on any atom is 0.355 e. The summed E-state index contributed by atoms with van der Waals surface area (Å²) in [5.74, 6) is -1.36. The normalized spacial score (nSPS) is 13.8. The SMILES string of the molecule is COCCCC(N)C(=O)NC(C)c1nc(C(=O)O)cs1. The van der Waals surface area contributed by atoms with Crippen molar-refractivity contribution >= 4 is 23.2 Å². The van der Waals surface area contributed by atoms with Crippen LogP contribution in [0.25, 0.3) is 0 Å². The number of carbonyl (C=O) groups is 2. The Morgan fingerprint density at radius 1 is 1.60 bits per heavy atom. The number of hydrogen-bond donors (Lipinski definition) is 3. The van der Waals surface area contributed by atoms with Crippen LogP contribution in [0.3, 0.4) is 0 Å². The quantitative estimate of drug-likeness (QED) is 0.611. The van der Waals surface area contributed by atoms with Crippen LogP contribution in [0.1, 0.15) is 41.3 Å². The maximum atomic E-state index is 11.8. The van der Waals surface area contributed by atoms with E-state index in [2.05, 4.69) is 10.3 Å². The fourth-order valence-electron chi connectivity index (χ4n) is 1.55. The summed E-state index contributed by atoms with van der Waals surface area (Å²) in [7, 11) is 1.59. The monoisotopic (exact) mass is 301 g/mol. The summed E-state index contributed by atoms with van der Waals surface area (Å²) in [5, 5.41) is 13.5. The number of carboxylic acids is 1. The van der Waals surface area contributed by atoms with Crippen molar-refractivity contribution in [3.05, 3.63) is 16.1 Å². The van der Waals surface area contributed by atoms with Crippen molar-refractivity contribution in [2.24, 2.45) is 5.73 Å². The Hall–Kier alpha value is -1.51. The number of nitrogens with one attached hydrogen (secondary N) is 1. The lowest BCUT2D eigenvalue weighted by atomic mass is 10.1. The molecular weight excluding hydrogens is 282 g/mol. The number of amides is 1. The van der Waals surface area contributed by atoms with E-state index in [1.807, 2.05) is 0 Å². The van der Waals surface area contributed by atoms with E-state index in [0.29, 0.717) is 24.5 Å². The lowest BCUT2D eigenvalue weighted by Crippen LogP contribution is -2.41. The van der Waals surface area contributed by atoms with Gasteiger partial charge in [0, 0.05) is 19.1 Å². The second kappa shape index (κ2) is 7.93. The summed E-state index contributed by atoms with van der Waals surface area (Å²) in [6.45, 7) is 2.30. The summed E-state index contributed by atoms with van der Waals surface area (Å²) >= 11 is 1.19. The third-order valence-electron chi connectivity index (χ3n) is 2.67. The Kier molecular flexibility index (Phi) is 6.56. The van der Waals surface area contributed by atoms with E-state index < -0.39 is 12.0 Å². The van der Waals surface area contributed by atoms with Crippen molar-refractivity contribution in [2.75, 3.05) is 13.7 Å². The minimum Gasteiger partial charge on any atom is -0.476 e. The summed E-state index contributed by atoms with van der Waals surface area (Å²) in [6, 6.07) is -0.972. The van der Waals surface area contributed by atoms with Crippen molar-refractivity contribution < 1.29 is 19.4 Å². The fourth-order valence-corrected chi connectivity index (χ4v) is 2.35. The van der Waals surface area contributed by atoms with Gasteiger partial charge in [-0.15, -0.1) is 11.3 Å². The molecule has 7 nitrogen and oxygen atoms in total. The number of aromatic nitrogens is 1. The van der Waals surface area contributed by atoms with Crippen LogP contribution in [-0.2, 0) is 9.53 Å². The topological polar surface area (TPSA) is 115 Å². The van der Waals surface area contributed by atoms with E-state index in [-0.39, 0.29) is 17.6 Å². The standard InChI is InChI=1S/C12H19N3O4S/c1-7(11-15-9(6-20-11)12(17)18)14-10(16)8(13)4-3-5-19-2/h6-8H,3-5,13H2,1-2H3,(H,14,16)(H,17,18). The van der Waals surface area contributed by atoms with Crippen LogP contribution in [0.15, 0.2) is 5.38 Å². The number of nitrogens with two attached hydrogens (primary N) is 1. The lowest BCUT2D eigenvalue weighted by Gasteiger charge is -2.15. The average Bonchev–Trinajstić information content (AvgIpc) is 2.88. The zero-order valence-electron chi connectivity index (χ0n) is 11.5. The van der Waals surface area contributed by atoms with E-state index in [4.69, 9.17) is 15.6 Å². The van der Waals surface area contributed by atoms with Crippen LogP contribution >= 0.6 is 11.3 Å². The molecule has 0 aromatic carbocycles. The molecule has 2 unspecified atom stereocenters. The molecule has 0 saturated heterocycles. The predicted octanol–water partition coefficient (Wildman–Crippen LogP) is 0.772. The number of rotatable bonds is 8. The van der Waals surface area contributed by atoms with Gasteiger partial charge in [0.2, 0.25) is 5.91 Å². The minimum absolute atomic E-state index is 0.0181. The van der Waals surface area contributed by atoms with Gasteiger partial charge in [0.25, 0.3) is 0 Å². The van der Waals surface area contributed by atoms with Gasteiger partial charge >= 0.3 is 5.97 Å². The average molecular weight is 301 g/mol. The van der Waals surface area contributed by atoms with Crippen LogP contribution in [0.5, 0.6) is 0 Å². The molecule has 0 aliphatic carbocycles. The summed E-state index contributed by atoms with van der Waals surface area (Å²) in [6.07, 6.45) is 1.24. The van der Waals surface area contributed by atoms with Crippen molar-refractivity contribution in [3.8, 4) is 0 Å². The zero-order valence-corrected chi connectivity index (χ0v) is 12.3. The largest absolute Gasteiger partial charge is 0.476 e. The Bertz CT molecular complexity index is 463. The second-order valence-electron chi connectivity index (χ2n) is 4.35. The van der Waals surface area contributed by atoms with Gasteiger partial charge in [0.15, 0.2) is 5.69 Å². The van der Waals surface area contributed by atoms with Gasteiger partial charge in [0.05, 0.1) is 12.1 Å². The number of nitrogens with zero attached hydrogens (tertiary/aromatic N) is 1. The van der Waals surface area contributed by atoms with Crippen LogP contribution in [-0.4, -0.2) is 41.7 Å². The molecule has 2 atom stereocenters. The number of hydrogen-bond acceptors (Lipinski definition) is 6. The van der Waals surface area contributed by atoms with Gasteiger partial charge < -0.3 is 20.9 Å². The van der Waals surface area contributed by atoms with E-state index in [1.54, 1.807) is 14.0 Å². The first-order chi connectivity index (χ1) is 9.45. The van der Waals surface area contributed by atoms with E-state index in [1.165, 1.54) is 16.7 Å². The Balaban J connectivity index is 2.49. The molecule has 4 N–H and O–H groups in total. The van der Waals surface area contributed by atoms with Gasteiger partial charge in [-0.25, -0.2) is 9.78 Å². The highest BCUT2D eigenvalue weighted by molar-refractivity contribution is 7.09. The maximum absolute atomic E-state index is 11.8. The van der Waals surface area contributed by atoms with Gasteiger partial charge in [-0.2, -0.15) is 0 Å². The molecule has 8 heteroatoms. The summed E-state index contributed by atoms with van der Waals surface area (Å²) < 4.78 is 4.90. The number of carboxylic acid groups (broad SMARTS) is 1. The van der Waals surface area contributed by atoms with Crippen LogP contribution in [0, 0.1) is 0 Å². The predicted molar refractivity (Wildman–Crippen MR) is 74.7 cm³/mol. The van der Waals surface area contributed by atoms with Gasteiger partial charge in [-0.1, -0.05) is 0 Å². The minimum atomic E-state index is -1.08. The van der Waals surface area contributed by atoms with Gasteiger partial charge in [-0.3, -0.25) is 4.79 Å². The van der Waals surface area contributed by atoms with Crippen molar-refractivity contribution in [2.45, 2.75) is 31.8 Å². The highest BCUT2D eigenvalue weighted by Gasteiger charge is 2.19. The Morgan fingerprint density at radius 3 is 2.85 bits per heavy atom. The molecule has 112 valence electrons. The smallest absolute Gasteiger partial charge is 0.355 e. The number of ether oxygens (including phenoxy) is 1. The van der Waals surface area contributed by atoms with Gasteiger partial charge in [-0.05, 0) is 19.8 Å². The first kappa shape index (κ1) is 16.5. The molecule has 1 heterocycles. The molecule has 0 saturated carbocycles. The number of methoxy groups -OCH3 is 1.